The van der Waals surface area contributed by atoms with Gasteiger partial charge in [-0.3, -0.25) is 9.69 Å². The fraction of sp³-hybridized carbons (Fsp3) is 0.500. The highest BCUT2D eigenvalue weighted by Gasteiger charge is 2.27. The summed E-state index contributed by atoms with van der Waals surface area (Å²) in [5, 5.41) is 2.70. The predicted molar refractivity (Wildman–Crippen MR) is 51.9 cm³/mol. The predicted octanol–water partition coefficient (Wildman–Crippen LogP) is 0.549. The van der Waals surface area contributed by atoms with Crippen LogP contribution in [-0.4, -0.2) is 36.6 Å². The average molecular weight is 212 g/mol. The van der Waals surface area contributed by atoms with Crippen molar-refractivity contribution in [3.63, 3.8) is 0 Å². The number of hydrogen-bond donors (Lipinski definition) is 1. The summed E-state index contributed by atoms with van der Waals surface area (Å²) >= 11 is 0. The van der Waals surface area contributed by atoms with E-state index in [0.717, 1.165) is 5.76 Å². The molecule has 1 aliphatic heterocycles. The van der Waals surface area contributed by atoms with Gasteiger partial charge in [-0.25, -0.2) is 4.39 Å². The van der Waals surface area contributed by atoms with Crippen molar-refractivity contribution >= 4 is 5.91 Å². The number of hydrogen-bond acceptors (Lipinski definition) is 3. The Labute approximate surface area is 87.0 Å². The minimum atomic E-state index is -0.761. The van der Waals surface area contributed by atoms with E-state index in [0.29, 0.717) is 19.6 Å². The first-order valence-electron chi connectivity index (χ1n) is 4.89. The quantitative estimate of drug-likeness (QED) is 0.792. The second-order valence-corrected chi connectivity index (χ2v) is 3.65. The molecular formula is C10H13FN2O2. The fourth-order valence-electron chi connectivity index (χ4n) is 1.49. The summed E-state index contributed by atoms with van der Waals surface area (Å²) in [4.78, 5) is 13.1. The molecule has 0 unspecified atom stereocenters. The van der Waals surface area contributed by atoms with Crippen molar-refractivity contribution in [2.45, 2.75) is 12.7 Å². The molecule has 0 aliphatic carbocycles. The van der Waals surface area contributed by atoms with E-state index in [-0.39, 0.29) is 12.5 Å². The van der Waals surface area contributed by atoms with Gasteiger partial charge in [0.25, 0.3) is 0 Å². The molecule has 0 radical (unpaired) electrons. The van der Waals surface area contributed by atoms with E-state index >= 15 is 0 Å². The Kier molecular flexibility index (Phi) is 3.01. The maximum absolute atomic E-state index is 12.4. The van der Waals surface area contributed by atoms with Gasteiger partial charge < -0.3 is 9.73 Å². The van der Waals surface area contributed by atoms with Crippen molar-refractivity contribution in [3.8, 4) is 0 Å². The van der Waals surface area contributed by atoms with Crippen molar-refractivity contribution < 1.29 is 13.6 Å². The number of rotatable bonds is 4. The topological polar surface area (TPSA) is 45.5 Å². The van der Waals surface area contributed by atoms with Crippen LogP contribution in [0.2, 0.25) is 0 Å². The van der Waals surface area contributed by atoms with Gasteiger partial charge >= 0.3 is 0 Å². The molecule has 0 spiro atoms. The maximum Gasteiger partial charge on any atom is 0.234 e. The van der Waals surface area contributed by atoms with Gasteiger partial charge in [-0.1, -0.05) is 0 Å². The zero-order valence-corrected chi connectivity index (χ0v) is 8.28. The minimum absolute atomic E-state index is 0.0988. The Hall–Kier alpha value is -1.36. The van der Waals surface area contributed by atoms with Crippen LogP contribution in [-0.2, 0) is 11.3 Å². The monoisotopic (exact) mass is 212 g/mol. The lowest BCUT2D eigenvalue weighted by Crippen LogP contribution is -2.52. The number of furan rings is 1. The number of amides is 1. The molecular weight excluding hydrogens is 199 g/mol. The Morgan fingerprint density at radius 1 is 1.67 bits per heavy atom. The molecule has 1 N–H and O–H groups in total. The zero-order valence-electron chi connectivity index (χ0n) is 8.28. The van der Waals surface area contributed by atoms with Gasteiger partial charge in [-0.15, -0.1) is 0 Å². The summed E-state index contributed by atoms with van der Waals surface area (Å²) in [6.07, 6.45) is 0.799. The first-order chi connectivity index (χ1) is 7.24. The van der Waals surface area contributed by atoms with Crippen molar-refractivity contribution in [2.75, 3.05) is 19.6 Å². The highest BCUT2D eigenvalue weighted by molar-refractivity contribution is 5.78. The molecule has 5 heteroatoms. The number of nitrogens with zero attached hydrogens (tertiary/aromatic N) is 1. The maximum atomic E-state index is 12.4. The van der Waals surface area contributed by atoms with Crippen molar-refractivity contribution in [1.82, 2.24) is 10.2 Å². The van der Waals surface area contributed by atoms with Crippen LogP contribution in [0.1, 0.15) is 5.76 Å². The lowest BCUT2D eigenvalue weighted by Gasteiger charge is -2.33. The Morgan fingerprint density at radius 2 is 2.47 bits per heavy atom. The van der Waals surface area contributed by atoms with E-state index in [4.69, 9.17) is 4.42 Å². The number of likely N-dealkylation sites (tertiary alicyclic amines) is 1. The Bertz CT molecular complexity index is 320. The van der Waals surface area contributed by atoms with Crippen molar-refractivity contribution in [3.05, 3.63) is 24.2 Å². The van der Waals surface area contributed by atoms with E-state index in [2.05, 4.69) is 5.32 Å². The second-order valence-electron chi connectivity index (χ2n) is 3.65. The molecule has 82 valence electrons. The minimum Gasteiger partial charge on any atom is -0.467 e. The van der Waals surface area contributed by atoms with Crippen LogP contribution in [0.15, 0.2) is 22.8 Å². The van der Waals surface area contributed by atoms with Gasteiger partial charge in [-0.2, -0.15) is 0 Å². The number of carbonyl (C=O) groups is 1. The molecule has 2 heterocycles. The fourth-order valence-corrected chi connectivity index (χ4v) is 1.49. The van der Waals surface area contributed by atoms with Crippen LogP contribution < -0.4 is 5.32 Å². The third kappa shape index (κ3) is 2.79. The molecule has 0 bridgehead atoms. The Balaban J connectivity index is 1.65. The first-order valence-corrected chi connectivity index (χ1v) is 4.89. The zero-order chi connectivity index (χ0) is 10.7. The van der Waals surface area contributed by atoms with Gasteiger partial charge in [-0.05, 0) is 12.1 Å². The largest absolute Gasteiger partial charge is 0.467 e. The molecule has 0 atom stereocenters. The third-order valence-corrected chi connectivity index (χ3v) is 2.32. The SMILES string of the molecule is O=C(CN1CC(F)C1)NCc1ccco1. The van der Waals surface area contributed by atoms with E-state index in [1.54, 1.807) is 23.3 Å². The lowest BCUT2D eigenvalue weighted by molar-refractivity contribution is -0.124. The summed E-state index contributed by atoms with van der Waals surface area (Å²) in [6, 6.07) is 3.56. The van der Waals surface area contributed by atoms with E-state index in [1.807, 2.05) is 0 Å². The Morgan fingerprint density at radius 3 is 3.07 bits per heavy atom. The molecule has 1 fully saturated rings. The average Bonchev–Trinajstić information content (AvgIpc) is 2.65. The smallest absolute Gasteiger partial charge is 0.234 e. The van der Waals surface area contributed by atoms with Crippen LogP contribution in [0.3, 0.4) is 0 Å². The third-order valence-electron chi connectivity index (χ3n) is 2.32. The van der Waals surface area contributed by atoms with Crippen molar-refractivity contribution in [2.24, 2.45) is 0 Å². The number of alkyl halides is 1. The standard InChI is InChI=1S/C10H13FN2O2/c11-8-5-13(6-8)7-10(14)12-4-9-2-1-3-15-9/h1-3,8H,4-7H2,(H,12,14). The van der Waals surface area contributed by atoms with Crippen LogP contribution in [0.4, 0.5) is 4.39 Å². The molecule has 1 aliphatic rings. The molecule has 1 saturated heterocycles. The van der Waals surface area contributed by atoms with Crippen LogP contribution >= 0.6 is 0 Å². The van der Waals surface area contributed by atoms with Crippen LogP contribution in [0.25, 0.3) is 0 Å². The van der Waals surface area contributed by atoms with Crippen molar-refractivity contribution in [1.29, 1.82) is 0 Å². The van der Waals surface area contributed by atoms with Gasteiger partial charge in [0.05, 0.1) is 19.4 Å². The summed E-state index contributed by atoms with van der Waals surface area (Å²) < 4.78 is 17.5. The van der Waals surface area contributed by atoms with Gasteiger partial charge in [0.15, 0.2) is 0 Å². The molecule has 0 saturated carbocycles. The summed E-state index contributed by atoms with van der Waals surface area (Å²) in [6.45, 7) is 1.39. The molecule has 2 rings (SSSR count). The highest BCUT2D eigenvalue weighted by Crippen LogP contribution is 2.09. The number of nitrogens with one attached hydrogen (secondary N) is 1. The van der Waals surface area contributed by atoms with E-state index < -0.39 is 6.17 Å². The lowest BCUT2D eigenvalue weighted by atomic mass is 10.2. The molecule has 15 heavy (non-hydrogen) atoms. The van der Waals surface area contributed by atoms with Gasteiger partial charge in [0.1, 0.15) is 11.9 Å². The molecule has 4 nitrogen and oxygen atoms in total. The second kappa shape index (κ2) is 4.44. The van der Waals surface area contributed by atoms with Crippen LogP contribution in [0, 0.1) is 0 Å². The van der Waals surface area contributed by atoms with E-state index in [1.165, 1.54) is 0 Å². The summed E-state index contributed by atoms with van der Waals surface area (Å²) in [7, 11) is 0. The molecule has 1 amide bonds. The number of carbonyl (C=O) groups excluding carboxylic acids is 1. The van der Waals surface area contributed by atoms with E-state index in [9.17, 15) is 9.18 Å². The molecule has 1 aromatic rings. The summed E-state index contributed by atoms with van der Waals surface area (Å²) in [5.74, 6) is 0.619. The van der Waals surface area contributed by atoms with Crippen LogP contribution in [0.5, 0.6) is 0 Å². The summed E-state index contributed by atoms with van der Waals surface area (Å²) in [5.41, 5.74) is 0. The first kappa shape index (κ1) is 10.2. The number of halogens is 1. The van der Waals surface area contributed by atoms with Gasteiger partial charge in [0, 0.05) is 13.1 Å². The van der Waals surface area contributed by atoms with Gasteiger partial charge in [0.2, 0.25) is 5.91 Å². The highest BCUT2D eigenvalue weighted by atomic mass is 19.1. The molecule has 0 aromatic carbocycles. The normalized spacial score (nSPS) is 17.4. The molecule has 1 aromatic heterocycles.